The minimum absolute atomic E-state index is 0.0640. The fraction of sp³-hybridized carbons (Fsp3) is 0.0841. The number of para-hydroxylation sites is 3. The second-order valence-corrected chi connectivity index (χ2v) is 32.8. The van der Waals surface area contributed by atoms with Crippen LogP contribution in [0.3, 0.4) is 0 Å². The predicted octanol–water partition coefficient (Wildman–Crippen LogP) is 27.8. The summed E-state index contributed by atoms with van der Waals surface area (Å²) in [6.07, 6.45) is 0. The summed E-state index contributed by atoms with van der Waals surface area (Å²) in [5.41, 5.74) is 39.1. The largest absolute Gasteiger partial charge is 0.309 e. The van der Waals surface area contributed by atoms with Gasteiger partial charge in [0.15, 0.2) is 5.82 Å². The molecular weight excluding hydrogens is 1360 g/mol. The van der Waals surface area contributed by atoms with Crippen molar-refractivity contribution in [1.29, 1.82) is 0 Å². The molecule has 3 aliphatic carbocycles. The molecule has 0 saturated carbocycles. The third kappa shape index (κ3) is 9.37. The lowest BCUT2D eigenvalue weighted by Gasteiger charge is -2.21. The first-order chi connectivity index (χ1) is 54.8. The van der Waals surface area contributed by atoms with E-state index in [4.69, 9.17) is 9.97 Å². The second kappa shape index (κ2) is 23.6. The van der Waals surface area contributed by atoms with Crippen molar-refractivity contribution in [3.05, 3.63) is 379 Å². The topological polar surface area (TPSA) is 40.6 Å². The minimum Gasteiger partial charge on any atom is -0.309 e. The van der Waals surface area contributed by atoms with E-state index in [0.717, 1.165) is 89.0 Å². The predicted molar refractivity (Wildman–Crippen MR) is 468 cm³/mol. The molecule has 0 spiro atoms. The van der Waals surface area contributed by atoms with Crippen LogP contribution in [0.2, 0.25) is 0 Å². The Morgan fingerprint density at radius 3 is 0.964 bits per heavy atom. The Bertz CT molecular complexity index is 7470. The van der Waals surface area contributed by atoms with Gasteiger partial charge >= 0.3 is 0 Å². The van der Waals surface area contributed by atoms with Crippen molar-refractivity contribution >= 4 is 76.3 Å². The molecule has 0 fully saturated rings. The lowest BCUT2D eigenvalue weighted by molar-refractivity contribution is 0.660. The van der Waals surface area contributed by atoms with Crippen molar-refractivity contribution in [1.82, 2.24) is 23.7 Å². The Morgan fingerprint density at radius 2 is 0.518 bits per heavy atom. The first-order valence-electron chi connectivity index (χ1n) is 39.3. The highest BCUT2D eigenvalue weighted by Crippen LogP contribution is 2.54. The molecule has 112 heavy (non-hydrogen) atoms. The van der Waals surface area contributed by atoms with Gasteiger partial charge in [0.1, 0.15) is 0 Å². The molecule has 0 amide bonds. The molecule has 3 aliphatic rings. The Labute approximate surface area is 650 Å². The first kappa shape index (κ1) is 64.3. The highest BCUT2D eigenvalue weighted by molar-refractivity contribution is 6.13. The molecule has 5 nitrogen and oxygen atoms in total. The van der Waals surface area contributed by atoms with Gasteiger partial charge < -0.3 is 13.7 Å². The Kier molecular flexibility index (Phi) is 13.6. The number of fused-ring (bicyclic) bond motifs is 19. The van der Waals surface area contributed by atoms with Crippen LogP contribution in [0.1, 0.15) is 74.9 Å². The number of hydrogen-bond donors (Lipinski definition) is 0. The monoisotopic (exact) mass is 1430 g/mol. The molecule has 0 bridgehead atoms. The maximum Gasteiger partial charge on any atom is 0.160 e. The van der Waals surface area contributed by atoms with Crippen LogP contribution < -0.4 is 0 Å². The van der Waals surface area contributed by atoms with Crippen molar-refractivity contribution < 1.29 is 0 Å². The number of benzene rings is 16. The van der Waals surface area contributed by atoms with Gasteiger partial charge in [-0.3, -0.25) is 0 Å². The average Bonchev–Trinajstić information content (AvgIpc) is 1.59. The molecule has 0 unspecified atom stereocenters. The van der Waals surface area contributed by atoms with E-state index in [0.29, 0.717) is 5.82 Å². The summed E-state index contributed by atoms with van der Waals surface area (Å²) in [7, 11) is 0. The zero-order valence-corrected chi connectivity index (χ0v) is 63.1. The van der Waals surface area contributed by atoms with Crippen LogP contribution in [0.25, 0.3) is 194 Å². The summed E-state index contributed by atoms with van der Waals surface area (Å²) in [5.74, 6) is 0.652. The normalized spacial score (nSPS) is 14.0. The van der Waals surface area contributed by atoms with Crippen molar-refractivity contribution in [2.24, 2.45) is 0 Å². The molecule has 20 aromatic rings. The fourth-order valence-electron chi connectivity index (χ4n) is 20.0. The number of hydrogen-bond acceptors (Lipinski definition) is 2. The Hall–Kier alpha value is -13.7. The average molecular weight is 1430 g/mol. The number of nitrogens with zero attached hydrogens (tertiary/aromatic N) is 5. The van der Waals surface area contributed by atoms with Gasteiger partial charge in [0, 0.05) is 82.1 Å². The SMILES string of the molecule is CC1(C)c2ccccc2-c2cc(-c3ccc4c5ccccc5n(-c5ccc(-c6nc(-c7cccc(-n8c9ccccc9c9ccc(-c%10ccc%11c(c%10)-c%10ccccc%10C%11(C)C)cc98)c7)nc7ccc(-c8cccc(-n9c%10ccccc%10c%10ccc(-c%11ccc%12c(c%11)-c%11ccccc%11C%12(C)C)cc%109)c8)cc67)cc5)c4c3)ccc21. The van der Waals surface area contributed by atoms with E-state index >= 15 is 0 Å². The summed E-state index contributed by atoms with van der Waals surface area (Å²) < 4.78 is 7.33. The van der Waals surface area contributed by atoms with E-state index in [2.05, 4.69) is 401 Å². The van der Waals surface area contributed by atoms with Gasteiger partial charge in [0.2, 0.25) is 0 Å². The third-order valence-electron chi connectivity index (χ3n) is 25.7. The van der Waals surface area contributed by atoms with Crippen LogP contribution in [-0.2, 0) is 16.2 Å². The van der Waals surface area contributed by atoms with Gasteiger partial charge in [0.25, 0.3) is 0 Å². The summed E-state index contributed by atoms with van der Waals surface area (Å²) in [4.78, 5) is 11.4. The van der Waals surface area contributed by atoms with Crippen LogP contribution in [0.5, 0.6) is 0 Å². The summed E-state index contributed by atoms with van der Waals surface area (Å²) in [5, 5.41) is 8.24. The lowest BCUT2D eigenvalue weighted by atomic mass is 9.82. The molecule has 5 heteroatoms. The molecule has 4 aromatic heterocycles. The molecule has 0 saturated heterocycles. The van der Waals surface area contributed by atoms with Crippen LogP contribution in [0.15, 0.2) is 346 Å². The van der Waals surface area contributed by atoms with E-state index in [1.807, 2.05) is 0 Å². The van der Waals surface area contributed by atoms with E-state index in [-0.39, 0.29) is 16.2 Å². The van der Waals surface area contributed by atoms with E-state index < -0.39 is 0 Å². The van der Waals surface area contributed by atoms with E-state index in [9.17, 15) is 0 Å². The molecule has 0 radical (unpaired) electrons. The zero-order chi connectivity index (χ0) is 74.6. The van der Waals surface area contributed by atoms with Crippen LogP contribution in [-0.4, -0.2) is 23.7 Å². The van der Waals surface area contributed by atoms with Gasteiger partial charge in [-0.1, -0.05) is 284 Å². The van der Waals surface area contributed by atoms with Crippen molar-refractivity contribution in [2.75, 3.05) is 0 Å². The molecule has 528 valence electrons. The molecule has 0 N–H and O–H groups in total. The highest BCUT2D eigenvalue weighted by atomic mass is 15.0. The standard InChI is InChI=1S/C107H75N5/c1-105(2)90-31-13-7-25-77(90)86-57-66(42-51-93(86)105)70-39-48-83-80-28-10-16-34-97(80)110(100(83)61-70)74-46-37-64(38-47-74)103-89-60-69(65-21-19-23-75(55-65)111-98-35-17-11-29-81(98)84-49-40-71(62-101(84)111)67-43-52-94-87(58-67)78-26-8-14-32-91(78)106(94,3)4)45-54-96(89)108-104(109-103)73-22-20-24-76(56-73)112-99-36-18-12-30-82(99)85-50-41-72(63-102(85)112)68-44-53-95-88(59-68)79-27-9-15-33-92(79)107(95,5)6/h7-63H,1-6H3. The first-order valence-corrected chi connectivity index (χ1v) is 39.3. The number of aromatic nitrogens is 5. The van der Waals surface area contributed by atoms with E-state index in [1.165, 1.54) is 132 Å². The van der Waals surface area contributed by atoms with Gasteiger partial charge in [-0.05, 0) is 214 Å². The molecule has 16 aromatic carbocycles. The van der Waals surface area contributed by atoms with Crippen molar-refractivity contribution in [3.63, 3.8) is 0 Å². The summed E-state index contributed by atoms with van der Waals surface area (Å²) in [6.45, 7) is 14.1. The molecule has 23 rings (SSSR count). The second-order valence-electron chi connectivity index (χ2n) is 32.8. The maximum absolute atomic E-state index is 5.78. The molecule has 0 atom stereocenters. The van der Waals surface area contributed by atoms with Crippen molar-refractivity contribution in [3.8, 4) is 118 Å². The minimum atomic E-state index is -0.0707. The molecular formula is C107H75N5. The quantitative estimate of drug-likeness (QED) is 0.144. The Balaban J connectivity index is 0.664. The van der Waals surface area contributed by atoms with Crippen LogP contribution >= 0.6 is 0 Å². The smallest absolute Gasteiger partial charge is 0.160 e. The molecule has 0 aliphatic heterocycles. The van der Waals surface area contributed by atoms with Crippen LogP contribution in [0.4, 0.5) is 0 Å². The summed E-state index contributed by atoms with van der Waals surface area (Å²) >= 11 is 0. The third-order valence-corrected chi connectivity index (χ3v) is 25.7. The van der Waals surface area contributed by atoms with Gasteiger partial charge in [-0.25, -0.2) is 9.97 Å². The summed E-state index contributed by atoms with van der Waals surface area (Å²) in [6, 6.07) is 129. The molecule has 4 heterocycles. The highest BCUT2D eigenvalue weighted by Gasteiger charge is 2.38. The zero-order valence-electron chi connectivity index (χ0n) is 63.1. The van der Waals surface area contributed by atoms with Gasteiger partial charge in [0.05, 0.1) is 44.3 Å². The van der Waals surface area contributed by atoms with Gasteiger partial charge in [-0.15, -0.1) is 0 Å². The number of rotatable bonds is 9. The van der Waals surface area contributed by atoms with Crippen molar-refractivity contribution in [2.45, 2.75) is 57.8 Å². The van der Waals surface area contributed by atoms with Gasteiger partial charge in [-0.2, -0.15) is 0 Å². The van der Waals surface area contributed by atoms with Crippen LogP contribution in [0, 0.1) is 0 Å². The Morgan fingerprint density at radius 1 is 0.196 bits per heavy atom. The fourth-order valence-corrected chi connectivity index (χ4v) is 20.0. The van der Waals surface area contributed by atoms with E-state index in [1.54, 1.807) is 0 Å². The lowest BCUT2D eigenvalue weighted by Crippen LogP contribution is -2.14. The maximum atomic E-state index is 5.78.